The number of benzene rings is 2. The molecule has 4 rings (SSSR count). The molecular weight excluding hydrogens is 400 g/mol. The van der Waals surface area contributed by atoms with Gasteiger partial charge in [-0.2, -0.15) is 0 Å². The Morgan fingerprint density at radius 3 is 2.59 bits per heavy atom. The Labute approximate surface area is 189 Å². The Kier molecular flexibility index (Phi) is 7.02. The number of nitrogens with one attached hydrogen (secondary N) is 1. The maximum Gasteiger partial charge on any atom is 0.253 e. The first kappa shape index (κ1) is 21.8. The van der Waals surface area contributed by atoms with Crippen molar-refractivity contribution in [2.24, 2.45) is 0 Å². The number of aromatic nitrogens is 1. The lowest BCUT2D eigenvalue weighted by atomic mass is 10.0. The number of likely N-dealkylation sites (tertiary alicyclic amines) is 1. The minimum Gasteiger partial charge on any atom is -0.493 e. The second-order valence-corrected chi connectivity index (χ2v) is 8.13. The number of carbonyl (C=O) groups is 1. The zero-order valence-corrected chi connectivity index (χ0v) is 18.5. The minimum atomic E-state index is -0.0891. The molecule has 3 aromatic rings. The molecule has 32 heavy (non-hydrogen) atoms. The summed E-state index contributed by atoms with van der Waals surface area (Å²) in [7, 11) is 0. The van der Waals surface area contributed by atoms with Crippen LogP contribution in [0.4, 0.5) is 5.82 Å². The van der Waals surface area contributed by atoms with Gasteiger partial charge in [0, 0.05) is 37.4 Å². The summed E-state index contributed by atoms with van der Waals surface area (Å²) in [5, 5.41) is 3.12. The number of nitrogen functional groups attached to an aromatic ring is 1. The number of nitrogens with two attached hydrogens (primary N) is 1. The van der Waals surface area contributed by atoms with Gasteiger partial charge >= 0.3 is 0 Å². The lowest BCUT2D eigenvalue weighted by molar-refractivity contribution is 0.0908. The van der Waals surface area contributed by atoms with E-state index in [4.69, 9.17) is 10.5 Å². The van der Waals surface area contributed by atoms with Gasteiger partial charge in [0.15, 0.2) is 0 Å². The summed E-state index contributed by atoms with van der Waals surface area (Å²) in [4.78, 5) is 18.9. The Bertz CT molecular complexity index is 1030. The first-order valence-corrected chi connectivity index (χ1v) is 11.2. The third kappa shape index (κ3) is 5.45. The Balaban J connectivity index is 1.34. The van der Waals surface area contributed by atoms with E-state index in [1.54, 1.807) is 12.1 Å². The van der Waals surface area contributed by atoms with Crippen molar-refractivity contribution in [3.05, 3.63) is 78.0 Å². The fourth-order valence-electron chi connectivity index (χ4n) is 4.10. The number of piperidine rings is 1. The van der Waals surface area contributed by atoms with E-state index in [0.717, 1.165) is 49.4 Å². The first-order chi connectivity index (χ1) is 15.6. The minimum absolute atomic E-state index is 0.0891. The van der Waals surface area contributed by atoms with Crippen molar-refractivity contribution >= 4 is 11.7 Å². The molecule has 1 aliphatic heterocycles. The molecule has 1 aromatic heterocycles. The van der Waals surface area contributed by atoms with E-state index in [9.17, 15) is 4.79 Å². The van der Waals surface area contributed by atoms with Crippen LogP contribution in [0.5, 0.6) is 5.75 Å². The molecule has 0 saturated carbocycles. The van der Waals surface area contributed by atoms with E-state index in [0.29, 0.717) is 18.0 Å². The van der Waals surface area contributed by atoms with Crippen molar-refractivity contribution in [3.8, 4) is 16.9 Å². The summed E-state index contributed by atoms with van der Waals surface area (Å²) in [5.41, 5.74) is 9.66. The molecule has 1 fully saturated rings. The molecule has 0 radical (unpaired) electrons. The molecule has 0 atom stereocenters. The maximum atomic E-state index is 12.4. The number of hydrogen-bond donors (Lipinski definition) is 2. The fraction of sp³-hybridized carbons (Fsp3) is 0.308. The van der Waals surface area contributed by atoms with Gasteiger partial charge in [0.25, 0.3) is 5.91 Å². The zero-order valence-electron chi connectivity index (χ0n) is 18.5. The number of nitrogens with zero attached hydrogens (tertiary/aromatic N) is 2. The smallest absolute Gasteiger partial charge is 0.253 e. The first-order valence-electron chi connectivity index (χ1n) is 11.2. The summed E-state index contributed by atoms with van der Waals surface area (Å²) < 4.78 is 5.95. The fourth-order valence-corrected chi connectivity index (χ4v) is 4.10. The highest BCUT2D eigenvalue weighted by Gasteiger charge is 2.21. The summed E-state index contributed by atoms with van der Waals surface area (Å²) in [5.74, 6) is 1.25. The lowest BCUT2D eigenvalue weighted by Crippen LogP contribution is -2.44. The van der Waals surface area contributed by atoms with Crippen LogP contribution >= 0.6 is 0 Å². The molecule has 6 heteroatoms. The molecule has 0 aliphatic carbocycles. The molecule has 166 valence electrons. The molecule has 6 nitrogen and oxygen atoms in total. The third-order valence-corrected chi connectivity index (χ3v) is 5.81. The van der Waals surface area contributed by atoms with E-state index in [-0.39, 0.29) is 11.9 Å². The van der Waals surface area contributed by atoms with Crippen molar-refractivity contribution < 1.29 is 9.53 Å². The highest BCUT2D eigenvalue weighted by Crippen LogP contribution is 2.31. The van der Waals surface area contributed by atoms with Gasteiger partial charge in [-0.1, -0.05) is 42.5 Å². The standard InChI is InChI=1S/C26H30N4O2/c1-2-32-24-16-19(8-10-23(24)20-6-4-3-5-7-20)18-30-14-12-22(13-15-30)29-26(31)21-9-11-25(27)28-17-21/h3-11,16-17,22H,2,12-15,18H2,1H3,(H2,27,28)(H,29,31). The maximum absolute atomic E-state index is 12.4. The van der Waals surface area contributed by atoms with Crippen molar-refractivity contribution in [1.82, 2.24) is 15.2 Å². The van der Waals surface area contributed by atoms with E-state index in [1.807, 2.05) is 25.1 Å². The van der Waals surface area contributed by atoms with Gasteiger partial charge in [0.2, 0.25) is 0 Å². The normalized spacial score (nSPS) is 14.8. The molecule has 0 spiro atoms. The van der Waals surface area contributed by atoms with Crippen LogP contribution in [0.15, 0.2) is 66.9 Å². The van der Waals surface area contributed by atoms with E-state index < -0.39 is 0 Å². The van der Waals surface area contributed by atoms with Gasteiger partial charge < -0.3 is 15.8 Å². The molecule has 1 amide bonds. The van der Waals surface area contributed by atoms with Crippen molar-refractivity contribution in [3.63, 3.8) is 0 Å². The van der Waals surface area contributed by atoms with Crippen molar-refractivity contribution in [2.45, 2.75) is 32.4 Å². The second kappa shape index (κ2) is 10.3. The number of pyridine rings is 1. The zero-order chi connectivity index (χ0) is 22.3. The van der Waals surface area contributed by atoms with Crippen LogP contribution in [0.25, 0.3) is 11.1 Å². The number of ether oxygens (including phenoxy) is 1. The molecular formula is C26H30N4O2. The topological polar surface area (TPSA) is 80.5 Å². The summed E-state index contributed by atoms with van der Waals surface area (Å²) in [6.07, 6.45) is 3.37. The number of hydrogen-bond acceptors (Lipinski definition) is 5. The summed E-state index contributed by atoms with van der Waals surface area (Å²) in [6, 6.07) is 20.4. The van der Waals surface area contributed by atoms with E-state index in [1.165, 1.54) is 11.8 Å². The number of carbonyl (C=O) groups excluding carboxylic acids is 1. The molecule has 2 aromatic carbocycles. The average Bonchev–Trinajstić information content (AvgIpc) is 2.82. The molecule has 3 N–H and O–H groups in total. The Morgan fingerprint density at radius 1 is 1.12 bits per heavy atom. The number of amides is 1. The monoisotopic (exact) mass is 430 g/mol. The average molecular weight is 431 g/mol. The van der Waals surface area contributed by atoms with Crippen LogP contribution in [0.1, 0.15) is 35.7 Å². The van der Waals surface area contributed by atoms with Crippen LogP contribution in [0, 0.1) is 0 Å². The lowest BCUT2D eigenvalue weighted by Gasteiger charge is -2.32. The largest absolute Gasteiger partial charge is 0.493 e. The summed E-state index contributed by atoms with van der Waals surface area (Å²) >= 11 is 0. The predicted octanol–water partition coefficient (Wildman–Crippen LogP) is 4.12. The highest BCUT2D eigenvalue weighted by molar-refractivity contribution is 5.94. The number of rotatable bonds is 7. The Hall–Kier alpha value is -3.38. The number of anilines is 1. The Morgan fingerprint density at radius 2 is 1.91 bits per heavy atom. The van der Waals surface area contributed by atoms with Gasteiger partial charge in [0.05, 0.1) is 12.2 Å². The van der Waals surface area contributed by atoms with Crippen LogP contribution in [-0.4, -0.2) is 41.5 Å². The van der Waals surface area contributed by atoms with Crippen LogP contribution in [0.3, 0.4) is 0 Å². The van der Waals surface area contributed by atoms with Crippen molar-refractivity contribution in [1.29, 1.82) is 0 Å². The van der Waals surface area contributed by atoms with Crippen LogP contribution in [-0.2, 0) is 6.54 Å². The van der Waals surface area contributed by atoms with E-state index >= 15 is 0 Å². The molecule has 0 bridgehead atoms. The van der Waals surface area contributed by atoms with Gasteiger partial charge in [-0.15, -0.1) is 0 Å². The quantitative estimate of drug-likeness (QED) is 0.589. The second-order valence-electron chi connectivity index (χ2n) is 8.13. The molecule has 1 aliphatic rings. The summed E-state index contributed by atoms with van der Waals surface area (Å²) in [6.45, 7) is 5.40. The molecule has 2 heterocycles. The van der Waals surface area contributed by atoms with Crippen molar-refractivity contribution in [2.75, 3.05) is 25.4 Å². The van der Waals surface area contributed by atoms with Crippen LogP contribution < -0.4 is 15.8 Å². The van der Waals surface area contributed by atoms with E-state index in [2.05, 4.69) is 45.5 Å². The molecule has 0 unspecified atom stereocenters. The third-order valence-electron chi connectivity index (χ3n) is 5.81. The van der Waals surface area contributed by atoms with Gasteiger partial charge in [-0.25, -0.2) is 4.98 Å². The van der Waals surface area contributed by atoms with Gasteiger partial charge in [0.1, 0.15) is 11.6 Å². The van der Waals surface area contributed by atoms with Gasteiger partial charge in [-0.05, 0) is 49.1 Å². The van der Waals surface area contributed by atoms with Crippen LogP contribution in [0.2, 0.25) is 0 Å². The SMILES string of the molecule is CCOc1cc(CN2CCC(NC(=O)c3ccc(N)nc3)CC2)ccc1-c1ccccc1. The predicted molar refractivity (Wildman–Crippen MR) is 127 cm³/mol. The van der Waals surface area contributed by atoms with Gasteiger partial charge in [-0.3, -0.25) is 9.69 Å². The molecule has 1 saturated heterocycles. The highest BCUT2D eigenvalue weighted by atomic mass is 16.5.